The van der Waals surface area contributed by atoms with Gasteiger partial charge in [-0.2, -0.15) is 0 Å². The largest absolute Gasteiger partial charge is 0.422 e. The Bertz CT molecular complexity index is 3270. The van der Waals surface area contributed by atoms with Gasteiger partial charge in [-0.3, -0.25) is 9.13 Å². The molecule has 0 unspecified atom stereocenters. The molecule has 22 nitrogen and oxygen atoms in total. The molecule has 4 N–H and O–H groups in total. The quantitative estimate of drug-likeness (QED) is 0.113. The van der Waals surface area contributed by atoms with Gasteiger partial charge in [0.15, 0.2) is 64.4 Å². The minimum atomic E-state index is -1.34. The molecule has 3 fully saturated rings. The van der Waals surface area contributed by atoms with Gasteiger partial charge in [-0.15, -0.1) is 20.4 Å². The molecule has 3 saturated heterocycles. The van der Waals surface area contributed by atoms with Crippen molar-refractivity contribution in [3.05, 3.63) is 107 Å². The molecule has 372 valence electrons. The van der Waals surface area contributed by atoms with Crippen LogP contribution in [-0.2, 0) is 29.8 Å². The summed E-state index contributed by atoms with van der Waals surface area (Å²) in [6.07, 6.45) is -1.53. The summed E-state index contributed by atoms with van der Waals surface area (Å²) in [5, 5.41) is 44.2. The first kappa shape index (κ1) is 48.3. The van der Waals surface area contributed by atoms with Gasteiger partial charge in [-0.05, 0) is 50.2 Å². The highest BCUT2D eigenvalue weighted by atomic mass is 35.5. The number of nitrogens with one attached hydrogen (secondary N) is 2. The van der Waals surface area contributed by atoms with E-state index in [4.69, 9.17) is 51.0 Å². The lowest BCUT2D eigenvalue weighted by atomic mass is 9.97. The third-order valence-electron chi connectivity index (χ3n) is 11.6. The van der Waals surface area contributed by atoms with Crippen molar-refractivity contribution in [2.75, 3.05) is 10.6 Å². The molecule has 0 aliphatic carbocycles. The van der Waals surface area contributed by atoms with Crippen LogP contribution in [0.3, 0.4) is 0 Å². The van der Waals surface area contributed by atoms with E-state index in [1.165, 1.54) is 53.9 Å². The number of nitrogens with zero attached hydrogens (tertiary/aromatic N) is 12. The number of fused-ring (bicyclic) bond motifs is 3. The predicted octanol–water partition coefficient (Wildman–Crippen LogP) is 7.87. The number of aromatic nitrogens is 12. The molecule has 0 radical (unpaired) electrons. The Morgan fingerprint density at radius 3 is 1.55 bits per heavy atom. The molecule has 3 aliphatic rings. The molecule has 11 rings (SSSR count). The van der Waals surface area contributed by atoms with Crippen LogP contribution in [0.15, 0.2) is 70.5 Å². The van der Waals surface area contributed by atoms with E-state index in [1.807, 2.05) is 55.4 Å². The van der Waals surface area contributed by atoms with Crippen molar-refractivity contribution in [3.8, 4) is 0 Å². The van der Waals surface area contributed by atoms with Gasteiger partial charge in [0.1, 0.15) is 48.7 Å². The normalized spacial score (nSPS) is 24.1. The van der Waals surface area contributed by atoms with E-state index in [0.717, 1.165) is 0 Å². The topological polar surface area (TPSA) is 266 Å². The average Bonchev–Trinajstić information content (AvgIpc) is 4.17. The van der Waals surface area contributed by atoms with E-state index in [0.29, 0.717) is 50.8 Å². The number of hydrogen-bond donors (Lipinski definition) is 4. The number of aliphatic hydroxyl groups excluding tert-OH is 2. The van der Waals surface area contributed by atoms with Crippen LogP contribution in [-0.4, -0.2) is 99.8 Å². The van der Waals surface area contributed by atoms with E-state index in [-0.39, 0.29) is 33.5 Å². The highest BCUT2D eigenvalue weighted by molar-refractivity contribution is 6.31. The molecule has 9 heterocycles. The van der Waals surface area contributed by atoms with Gasteiger partial charge in [-0.1, -0.05) is 64.7 Å². The summed E-state index contributed by atoms with van der Waals surface area (Å²) >= 11 is 11.7. The van der Waals surface area contributed by atoms with Crippen molar-refractivity contribution in [2.24, 2.45) is 0 Å². The molecular formula is C45H46Cl2F2N14O8. The number of aliphatic hydroxyl groups is 2. The van der Waals surface area contributed by atoms with Crippen LogP contribution in [0.2, 0.25) is 10.0 Å². The standard InChI is InChI=1S/C24H25ClFN7O4.C21H21ClFN7O4/c1-23(2,3)22-32-31-20(35-22)16-15-17(37-24(4,5)36-15)21(34-16)33-10-29-14-18(27-9-28-19(14)33)30-13-7-6-11(25)8-12(13)26;1-21(2,3)20-29-28-18(34-20)15-13(31)14(32)19(33-15)30-8-26-12-16(24-7-25-17(12)30)27-11-5-4-9(22)6-10(11)23/h6-10,15-17,21H,1-5H3,(H,27,28,30);4-8,13-15,19,31-32H,1-3H3,(H,24,25,27)/t15-,16+,17-,21-;13-,14+,15-,19+/m10/s1. The molecule has 8 atom stereocenters. The maximum atomic E-state index is 14.4. The number of halogens is 4. The number of benzene rings is 2. The SMILES string of the molecule is CC(C)(C)c1nnc([C@H]2O[C@@H](n3cnc4c(Nc5ccc(Cl)cc5F)ncnc43)[C@H](O)[C@@H]2O)o1.CC1(C)O[C@@H]2[C@H](O1)[C@@H](c1nnc(C(C)(C)C)o1)O[C@H]2n1cnc2c(Nc3ccc(Cl)cc3F)ncnc21. The van der Waals surface area contributed by atoms with E-state index in [9.17, 15) is 19.0 Å². The smallest absolute Gasteiger partial charge is 0.248 e. The zero-order valence-corrected chi connectivity index (χ0v) is 40.6. The van der Waals surface area contributed by atoms with Crippen molar-refractivity contribution in [1.29, 1.82) is 0 Å². The van der Waals surface area contributed by atoms with Gasteiger partial charge < -0.3 is 48.6 Å². The van der Waals surface area contributed by atoms with Crippen LogP contribution >= 0.6 is 23.2 Å². The highest BCUT2D eigenvalue weighted by Gasteiger charge is 2.58. The molecule has 0 amide bonds. The van der Waals surface area contributed by atoms with Crippen LogP contribution in [0.25, 0.3) is 22.3 Å². The van der Waals surface area contributed by atoms with Gasteiger partial charge in [0, 0.05) is 20.9 Å². The summed E-state index contributed by atoms with van der Waals surface area (Å²) in [5.74, 6) is -0.135. The van der Waals surface area contributed by atoms with E-state index >= 15 is 0 Å². The van der Waals surface area contributed by atoms with Gasteiger partial charge in [0.05, 0.1) is 24.0 Å². The second-order valence-corrected chi connectivity index (χ2v) is 20.3. The molecule has 71 heavy (non-hydrogen) atoms. The molecular weight excluding hydrogens is 973 g/mol. The van der Waals surface area contributed by atoms with Gasteiger partial charge in [0.2, 0.25) is 23.6 Å². The zero-order chi connectivity index (χ0) is 50.3. The molecule has 0 bridgehead atoms. The molecule has 8 aromatic rings. The summed E-state index contributed by atoms with van der Waals surface area (Å²) in [5.41, 5.74) is 1.13. The summed E-state index contributed by atoms with van der Waals surface area (Å²) in [6.45, 7) is 15.4. The number of rotatable bonds is 8. The molecule has 2 aromatic carbocycles. The maximum Gasteiger partial charge on any atom is 0.248 e. The molecule has 0 saturated carbocycles. The maximum absolute atomic E-state index is 14.4. The van der Waals surface area contributed by atoms with Crippen molar-refractivity contribution >= 4 is 68.5 Å². The van der Waals surface area contributed by atoms with Gasteiger partial charge in [0.25, 0.3) is 0 Å². The first-order chi connectivity index (χ1) is 33.6. The third kappa shape index (κ3) is 9.25. The van der Waals surface area contributed by atoms with E-state index in [2.05, 4.69) is 60.9 Å². The summed E-state index contributed by atoms with van der Waals surface area (Å²) < 4.78 is 68.2. The van der Waals surface area contributed by atoms with Crippen molar-refractivity contribution in [1.82, 2.24) is 59.4 Å². The Kier molecular flexibility index (Phi) is 12.3. The minimum absolute atomic E-state index is 0.0543. The first-order valence-corrected chi connectivity index (χ1v) is 22.9. The summed E-state index contributed by atoms with van der Waals surface area (Å²) in [7, 11) is 0. The minimum Gasteiger partial charge on any atom is -0.422 e. The fourth-order valence-electron chi connectivity index (χ4n) is 8.09. The fraction of sp³-hybridized carbons (Fsp3) is 0.422. The third-order valence-corrected chi connectivity index (χ3v) is 12.0. The zero-order valence-electron chi connectivity index (χ0n) is 39.1. The first-order valence-electron chi connectivity index (χ1n) is 22.1. The van der Waals surface area contributed by atoms with Crippen LogP contribution in [0.4, 0.5) is 31.8 Å². The number of hydrogen-bond acceptors (Lipinski definition) is 20. The monoisotopic (exact) mass is 1020 g/mol. The van der Waals surface area contributed by atoms with Crippen molar-refractivity contribution in [3.63, 3.8) is 0 Å². The molecule has 3 aliphatic heterocycles. The Morgan fingerprint density at radius 2 is 1.07 bits per heavy atom. The fourth-order valence-corrected chi connectivity index (χ4v) is 8.41. The van der Waals surface area contributed by atoms with Crippen LogP contribution < -0.4 is 10.6 Å². The van der Waals surface area contributed by atoms with E-state index in [1.54, 1.807) is 17.0 Å². The second-order valence-electron chi connectivity index (χ2n) is 19.4. The van der Waals surface area contributed by atoms with Crippen LogP contribution in [0, 0.1) is 11.6 Å². The highest BCUT2D eigenvalue weighted by Crippen LogP contribution is 2.50. The van der Waals surface area contributed by atoms with Crippen molar-refractivity contribution in [2.45, 2.75) is 121 Å². The Hall–Kier alpha value is -6.38. The lowest BCUT2D eigenvalue weighted by Crippen LogP contribution is -2.29. The average molecular weight is 1020 g/mol. The Morgan fingerprint density at radius 1 is 0.606 bits per heavy atom. The van der Waals surface area contributed by atoms with Crippen LogP contribution in [0.1, 0.15) is 104 Å². The number of ether oxygens (including phenoxy) is 4. The Labute approximate surface area is 412 Å². The van der Waals surface area contributed by atoms with Crippen LogP contribution in [0.5, 0.6) is 0 Å². The van der Waals surface area contributed by atoms with Crippen molar-refractivity contribution < 1.29 is 46.8 Å². The molecule has 6 aromatic heterocycles. The predicted molar refractivity (Wildman–Crippen MR) is 248 cm³/mol. The molecule has 0 spiro atoms. The second kappa shape index (κ2) is 18.0. The lowest BCUT2D eigenvalue weighted by molar-refractivity contribution is -0.199. The summed E-state index contributed by atoms with van der Waals surface area (Å²) in [4.78, 5) is 25.8. The lowest BCUT2D eigenvalue weighted by Gasteiger charge is -2.24. The van der Waals surface area contributed by atoms with E-state index < -0.39 is 71.9 Å². The van der Waals surface area contributed by atoms with Gasteiger partial charge in [-0.25, -0.2) is 38.7 Å². The molecule has 26 heteroatoms. The number of imidazole rings is 2. The Balaban J connectivity index is 0.000000165. The van der Waals surface area contributed by atoms with Gasteiger partial charge >= 0.3 is 0 Å². The summed E-state index contributed by atoms with van der Waals surface area (Å²) in [6, 6.07) is 8.52. The number of anilines is 4.